The summed E-state index contributed by atoms with van der Waals surface area (Å²) in [6.07, 6.45) is 2.19. The Balaban J connectivity index is 2.29. The molecule has 1 aliphatic rings. The van der Waals surface area contributed by atoms with Crippen molar-refractivity contribution in [3.8, 4) is 0 Å². The number of nitrogens with two attached hydrogens (primary N) is 1. The summed E-state index contributed by atoms with van der Waals surface area (Å²) in [5.41, 5.74) is 5.92. The first kappa shape index (κ1) is 15.7. The average molecular weight is 361 g/mol. The Kier molecular flexibility index (Phi) is 4.66. The van der Waals surface area contributed by atoms with E-state index in [4.69, 9.17) is 18.0 Å². The summed E-state index contributed by atoms with van der Waals surface area (Å²) in [7, 11) is 0. The topological polar surface area (TPSA) is 49.5 Å². The predicted octanol–water partition coefficient (Wildman–Crippen LogP) is 2.96. The summed E-state index contributed by atoms with van der Waals surface area (Å²) in [5.74, 6) is -0.350. The lowest BCUT2D eigenvalue weighted by Crippen LogP contribution is -2.29. The quantitative estimate of drug-likeness (QED) is 0.796. The van der Waals surface area contributed by atoms with Crippen LogP contribution in [-0.4, -0.2) is 28.8 Å². The first-order chi connectivity index (χ1) is 9.32. The Morgan fingerprint density at radius 3 is 2.80 bits per heavy atom. The SMILES string of the molecule is CC1(O)CCCN(c2ccc(C(N)=S)c(Br)c2F)CC1. The number of anilines is 1. The molecule has 20 heavy (non-hydrogen) atoms. The number of hydrogen-bond acceptors (Lipinski definition) is 3. The molecule has 0 saturated carbocycles. The zero-order valence-electron chi connectivity index (χ0n) is 11.3. The van der Waals surface area contributed by atoms with Crippen LogP contribution in [0.5, 0.6) is 0 Å². The monoisotopic (exact) mass is 360 g/mol. The Morgan fingerprint density at radius 2 is 2.15 bits per heavy atom. The fourth-order valence-electron chi connectivity index (χ4n) is 2.48. The van der Waals surface area contributed by atoms with Gasteiger partial charge >= 0.3 is 0 Å². The van der Waals surface area contributed by atoms with Gasteiger partial charge in [0.25, 0.3) is 0 Å². The van der Waals surface area contributed by atoms with Crippen molar-refractivity contribution in [3.05, 3.63) is 28.0 Å². The molecule has 0 aromatic heterocycles. The smallest absolute Gasteiger partial charge is 0.161 e. The maximum Gasteiger partial charge on any atom is 0.161 e. The van der Waals surface area contributed by atoms with Gasteiger partial charge in [0.2, 0.25) is 0 Å². The minimum Gasteiger partial charge on any atom is -0.390 e. The summed E-state index contributed by atoms with van der Waals surface area (Å²) >= 11 is 8.12. The summed E-state index contributed by atoms with van der Waals surface area (Å²) in [6.45, 7) is 3.19. The zero-order valence-corrected chi connectivity index (χ0v) is 13.7. The molecule has 3 nitrogen and oxygen atoms in total. The normalized spacial score (nSPS) is 23.5. The van der Waals surface area contributed by atoms with Crippen LogP contribution in [0.2, 0.25) is 0 Å². The van der Waals surface area contributed by atoms with Crippen molar-refractivity contribution in [3.63, 3.8) is 0 Å². The second-order valence-corrected chi connectivity index (χ2v) is 6.69. The zero-order chi connectivity index (χ0) is 14.9. The molecule has 110 valence electrons. The van der Waals surface area contributed by atoms with E-state index in [1.165, 1.54) is 0 Å². The van der Waals surface area contributed by atoms with Crippen molar-refractivity contribution in [2.45, 2.75) is 31.8 Å². The molecular formula is C14H18BrFN2OS. The number of aliphatic hydroxyl groups is 1. The van der Waals surface area contributed by atoms with Crippen LogP contribution in [0.1, 0.15) is 31.7 Å². The highest BCUT2D eigenvalue weighted by Gasteiger charge is 2.26. The van der Waals surface area contributed by atoms with Gasteiger partial charge < -0.3 is 15.7 Å². The third kappa shape index (κ3) is 3.30. The lowest BCUT2D eigenvalue weighted by Gasteiger charge is -2.25. The third-order valence-electron chi connectivity index (χ3n) is 3.73. The Labute approximate surface area is 132 Å². The highest BCUT2D eigenvalue weighted by atomic mass is 79.9. The minimum absolute atomic E-state index is 0.168. The molecule has 0 bridgehead atoms. The largest absolute Gasteiger partial charge is 0.390 e. The van der Waals surface area contributed by atoms with Crippen molar-refractivity contribution in [1.29, 1.82) is 0 Å². The van der Waals surface area contributed by atoms with Crippen molar-refractivity contribution in [2.75, 3.05) is 18.0 Å². The van der Waals surface area contributed by atoms with Crippen molar-refractivity contribution in [1.82, 2.24) is 0 Å². The van der Waals surface area contributed by atoms with Crippen LogP contribution in [0.3, 0.4) is 0 Å². The molecule has 0 aliphatic carbocycles. The first-order valence-electron chi connectivity index (χ1n) is 6.57. The molecule has 0 spiro atoms. The summed E-state index contributed by atoms with van der Waals surface area (Å²) in [5, 5.41) is 10.1. The third-order valence-corrected chi connectivity index (χ3v) is 4.73. The molecule has 1 aliphatic heterocycles. The van der Waals surface area contributed by atoms with E-state index in [0.29, 0.717) is 28.7 Å². The van der Waals surface area contributed by atoms with Gasteiger partial charge in [0, 0.05) is 18.7 Å². The number of halogens is 2. The Morgan fingerprint density at radius 1 is 1.45 bits per heavy atom. The molecule has 1 saturated heterocycles. The lowest BCUT2D eigenvalue weighted by atomic mass is 9.98. The molecule has 1 atom stereocenters. The van der Waals surface area contributed by atoms with Gasteiger partial charge in [-0.25, -0.2) is 4.39 Å². The lowest BCUT2D eigenvalue weighted by molar-refractivity contribution is 0.0481. The van der Waals surface area contributed by atoms with E-state index in [1.54, 1.807) is 12.1 Å². The van der Waals surface area contributed by atoms with E-state index in [0.717, 1.165) is 19.4 Å². The van der Waals surface area contributed by atoms with E-state index in [2.05, 4.69) is 15.9 Å². The molecule has 1 aromatic carbocycles. The fourth-order valence-corrected chi connectivity index (χ4v) is 3.33. The van der Waals surface area contributed by atoms with Gasteiger partial charge in [-0.2, -0.15) is 0 Å². The summed E-state index contributed by atoms with van der Waals surface area (Å²) < 4.78 is 14.8. The number of thiocarbonyl (C=S) groups is 1. The number of hydrogen-bond donors (Lipinski definition) is 2. The van der Waals surface area contributed by atoms with Crippen LogP contribution >= 0.6 is 28.1 Å². The predicted molar refractivity (Wildman–Crippen MR) is 86.7 cm³/mol. The van der Waals surface area contributed by atoms with Gasteiger partial charge in [-0.3, -0.25) is 0 Å². The van der Waals surface area contributed by atoms with Crippen LogP contribution in [0.25, 0.3) is 0 Å². The van der Waals surface area contributed by atoms with Crippen LogP contribution in [0.4, 0.5) is 10.1 Å². The molecule has 6 heteroatoms. The van der Waals surface area contributed by atoms with Gasteiger partial charge in [0.1, 0.15) is 4.99 Å². The summed E-state index contributed by atoms with van der Waals surface area (Å²) in [6, 6.07) is 3.43. The van der Waals surface area contributed by atoms with E-state index < -0.39 is 5.60 Å². The molecule has 1 fully saturated rings. The van der Waals surface area contributed by atoms with Crippen molar-refractivity contribution < 1.29 is 9.50 Å². The highest BCUT2D eigenvalue weighted by molar-refractivity contribution is 9.10. The van der Waals surface area contributed by atoms with Crippen molar-refractivity contribution in [2.24, 2.45) is 5.73 Å². The molecule has 3 N–H and O–H groups in total. The van der Waals surface area contributed by atoms with E-state index >= 15 is 0 Å². The molecule has 1 unspecified atom stereocenters. The van der Waals surface area contributed by atoms with Gasteiger partial charge in [0.15, 0.2) is 5.82 Å². The number of rotatable bonds is 2. The molecule has 0 amide bonds. The maximum atomic E-state index is 14.5. The van der Waals surface area contributed by atoms with Crippen molar-refractivity contribution >= 4 is 38.8 Å². The van der Waals surface area contributed by atoms with Gasteiger partial charge in [-0.15, -0.1) is 0 Å². The second-order valence-electron chi connectivity index (χ2n) is 5.46. The second kappa shape index (κ2) is 5.95. The van der Waals surface area contributed by atoms with Crippen LogP contribution < -0.4 is 10.6 Å². The maximum absolute atomic E-state index is 14.5. The number of nitrogens with zero attached hydrogens (tertiary/aromatic N) is 1. The van der Waals surface area contributed by atoms with Gasteiger partial charge in [-0.1, -0.05) is 12.2 Å². The molecular weight excluding hydrogens is 343 g/mol. The van der Waals surface area contributed by atoms with Crippen LogP contribution in [-0.2, 0) is 0 Å². The first-order valence-corrected chi connectivity index (χ1v) is 7.77. The van der Waals surface area contributed by atoms with Gasteiger partial charge in [-0.05, 0) is 54.2 Å². The van der Waals surface area contributed by atoms with Gasteiger partial charge in [0.05, 0.1) is 15.8 Å². The number of benzene rings is 1. The van der Waals surface area contributed by atoms with Crippen LogP contribution in [0, 0.1) is 5.82 Å². The molecule has 2 rings (SSSR count). The fraction of sp³-hybridized carbons (Fsp3) is 0.500. The standard InChI is InChI=1S/C14H18BrFN2OS/c1-14(19)5-2-7-18(8-6-14)10-4-3-9(13(17)20)11(15)12(10)16/h3-4,19H,2,5-8H2,1H3,(H2,17,20). The van der Waals surface area contributed by atoms with E-state index in [-0.39, 0.29) is 10.8 Å². The minimum atomic E-state index is -0.665. The van der Waals surface area contributed by atoms with Crippen LogP contribution in [0.15, 0.2) is 16.6 Å². The summed E-state index contributed by atoms with van der Waals surface area (Å²) in [4.78, 5) is 2.13. The highest BCUT2D eigenvalue weighted by Crippen LogP contribution is 2.32. The molecule has 1 aromatic rings. The molecule has 1 heterocycles. The Hall–Kier alpha value is -0.720. The molecule has 0 radical (unpaired) electrons. The van der Waals surface area contributed by atoms with E-state index in [1.807, 2.05) is 11.8 Å². The average Bonchev–Trinajstić information content (AvgIpc) is 2.53. The Bertz CT molecular complexity index is 536. The van der Waals surface area contributed by atoms with E-state index in [9.17, 15) is 9.50 Å².